The zero-order chi connectivity index (χ0) is 10.2. The molecule has 0 fully saturated rings. The zero-order valence-corrected chi connectivity index (χ0v) is 8.96. The number of rotatable bonds is 1. The number of hydrogen-bond donors (Lipinski definition) is 0. The van der Waals surface area contributed by atoms with E-state index in [-0.39, 0.29) is 0 Å². The van der Waals surface area contributed by atoms with Gasteiger partial charge in [-0.25, -0.2) is 8.78 Å². The van der Waals surface area contributed by atoms with Crippen molar-refractivity contribution in [2.45, 2.75) is 0 Å². The lowest BCUT2D eigenvalue weighted by atomic mass is 10.3. The Morgan fingerprint density at radius 2 is 1.31 bits per heavy atom. The second kappa shape index (κ2) is 3.88. The molecule has 0 aliphatic heterocycles. The Morgan fingerprint density at radius 1 is 0.923 bits per heavy atom. The van der Waals surface area contributed by atoms with Gasteiger partial charge in [-0.05, 0) is 22.6 Å². The Bertz CT molecular complexity index is 352. The fraction of sp³-hybridized carbons (Fsp3) is 0. The number of benzene rings is 1. The minimum absolute atomic E-state index is 0.783. The van der Waals surface area contributed by atoms with Crippen molar-refractivity contribution in [3.63, 3.8) is 0 Å². The molecule has 0 radical (unpaired) electrons. The maximum atomic E-state index is 12.7. The molecule has 0 saturated heterocycles. The third kappa shape index (κ3) is 1.69. The van der Waals surface area contributed by atoms with Crippen molar-refractivity contribution in [3.8, 4) is 0 Å². The van der Waals surface area contributed by atoms with E-state index in [1.54, 1.807) is 0 Å². The highest BCUT2D eigenvalue weighted by Gasteiger charge is 2.28. The molecule has 0 amide bonds. The van der Waals surface area contributed by atoms with Crippen molar-refractivity contribution in [1.29, 1.82) is 0 Å². The molecule has 0 aliphatic rings. The molecule has 1 aromatic rings. The van der Waals surface area contributed by atoms with E-state index in [9.17, 15) is 22.1 Å². The van der Waals surface area contributed by atoms with Crippen LogP contribution in [0, 0.1) is 26.8 Å². The van der Waals surface area contributed by atoms with E-state index in [2.05, 4.69) is 0 Å². The van der Waals surface area contributed by atoms with Gasteiger partial charge in [-0.15, -0.1) is 0 Å². The molecule has 0 bridgehead atoms. The van der Waals surface area contributed by atoms with Crippen LogP contribution in [0.25, 0.3) is 0 Å². The van der Waals surface area contributed by atoms with E-state index in [1.807, 2.05) is 0 Å². The molecule has 1 unspecified atom stereocenters. The Labute approximate surface area is 85.5 Å². The largest absolute Gasteiger partial charge is 0.369 e. The third-order valence-corrected chi connectivity index (χ3v) is 2.90. The molecule has 1 atom stereocenters. The first-order valence-electron chi connectivity index (χ1n) is 2.90. The maximum absolute atomic E-state index is 12.7. The summed E-state index contributed by atoms with van der Waals surface area (Å²) in [6, 6.07) is 0. The predicted molar refractivity (Wildman–Crippen MR) is 47.6 cm³/mol. The highest BCUT2D eigenvalue weighted by atomic mass is 127. The van der Waals surface area contributed by atoms with E-state index in [1.165, 1.54) is 0 Å². The Hall–Kier alpha value is -0.230. The van der Waals surface area contributed by atoms with Crippen LogP contribution in [0.5, 0.6) is 0 Å². The summed E-state index contributed by atoms with van der Waals surface area (Å²) in [5.74, 6) is -6.23. The fourth-order valence-electron chi connectivity index (χ4n) is 0.695. The van der Waals surface area contributed by atoms with E-state index in [0.717, 1.165) is 22.6 Å². The minimum Gasteiger partial charge on any atom is -0.202 e. The van der Waals surface area contributed by atoms with Gasteiger partial charge in [-0.3, -0.25) is 0 Å². The average molecular weight is 323 g/mol. The number of hydrogen-bond acceptors (Lipinski definition) is 1. The molecular formula is C6HF4IOP+. The van der Waals surface area contributed by atoms with Gasteiger partial charge < -0.3 is 0 Å². The molecule has 0 aliphatic carbocycles. The lowest BCUT2D eigenvalue weighted by Gasteiger charge is -1.98. The van der Waals surface area contributed by atoms with E-state index < -0.39 is 40.6 Å². The Morgan fingerprint density at radius 3 is 1.62 bits per heavy atom. The first kappa shape index (κ1) is 10.8. The summed E-state index contributed by atoms with van der Waals surface area (Å²) >= 11 is 1.12. The standard InChI is InChI=1S/C6F4IOP/c7-1-3(9)6(13-12)4(10)2(8)5(1)11/p+1. The molecule has 1 nitrogen and oxygen atoms in total. The summed E-state index contributed by atoms with van der Waals surface area (Å²) in [6.45, 7) is 0. The van der Waals surface area contributed by atoms with Gasteiger partial charge in [-0.2, -0.15) is 8.78 Å². The van der Waals surface area contributed by atoms with Gasteiger partial charge >= 0.3 is 8.46 Å². The van der Waals surface area contributed by atoms with Crippen molar-refractivity contribution in [3.05, 3.63) is 26.8 Å². The Kier molecular flexibility index (Phi) is 3.23. The molecule has 0 N–H and O–H groups in total. The van der Waals surface area contributed by atoms with Gasteiger partial charge in [0.05, 0.1) is 3.57 Å². The van der Waals surface area contributed by atoms with Crippen molar-refractivity contribution < 1.29 is 22.1 Å². The average Bonchev–Trinajstić information content (AvgIpc) is 2.13. The molecule has 0 heterocycles. The molecule has 0 aromatic heterocycles. The molecular weight excluding hydrogens is 322 g/mol. The SMILES string of the molecule is O=[PH+]c1c(F)c(F)c(I)c(F)c1F. The molecule has 0 spiro atoms. The Balaban J connectivity index is 3.66. The van der Waals surface area contributed by atoms with Gasteiger partial charge in [0.2, 0.25) is 11.6 Å². The zero-order valence-electron chi connectivity index (χ0n) is 5.80. The van der Waals surface area contributed by atoms with E-state index in [4.69, 9.17) is 0 Å². The van der Waals surface area contributed by atoms with Crippen LogP contribution >= 0.6 is 31.1 Å². The van der Waals surface area contributed by atoms with Crippen LogP contribution in [0.1, 0.15) is 0 Å². The lowest BCUT2D eigenvalue weighted by molar-refractivity contribution is 0.454. The van der Waals surface area contributed by atoms with Gasteiger partial charge in [0, 0.05) is 0 Å². The molecule has 0 saturated carbocycles. The lowest BCUT2D eigenvalue weighted by Crippen LogP contribution is -2.14. The summed E-state index contributed by atoms with van der Waals surface area (Å²) in [4.78, 5) is 0. The van der Waals surface area contributed by atoms with Gasteiger partial charge in [0.1, 0.15) is 0 Å². The van der Waals surface area contributed by atoms with Crippen LogP contribution in [-0.4, -0.2) is 0 Å². The number of halogens is 5. The summed E-state index contributed by atoms with van der Waals surface area (Å²) in [7, 11) is -1.57. The first-order valence-corrected chi connectivity index (χ1v) is 4.89. The molecule has 1 rings (SSSR count). The summed E-state index contributed by atoms with van der Waals surface area (Å²) in [5, 5.41) is -1.07. The molecule has 7 heteroatoms. The minimum atomic E-state index is -1.60. The topological polar surface area (TPSA) is 17.1 Å². The van der Waals surface area contributed by atoms with Crippen LogP contribution in [0.4, 0.5) is 17.6 Å². The van der Waals surface area contributed by atoms with Gasteiger partial charge in [0.15, 0.2) is 11.6 Å². The van der Waals surface area contributed by atoms with E-state index >= 15 is 0 Å². The van der Waals surface area contributed by atoms with Crippen LogP contribution < -0.4 is 5.30 Å². The normalized spacial score (nSPS) is 10.8. The van der Waals surface area contributed by atoms with Crippen molar-refractivity contribution in [2.24, 2.45) is 0 Å². The third-order valence-electron chi connectivity index (χ3n) is 1.31. The van der Waals surface area contributed by atoms with Crippen LogP contribution in [0.2, 0.25) is 0 Å². The second-order valence-corrected chi connectivity index (χ2v) is 3.83. The van der Waals surface area contributed by atoms with Crippen molar-refractivity contribution in [2.75, 3.05) is 0 Å². The van der Waals surface area contributed by atoms with Crippen LogP contribution in [0.3, 0.4) is 0 Å². The summed E-state index contributed by atoms with van der Waals surface area (Å²) < 4.78 is 60.3. The smallest absolute Gasteiger partial charge is 0.202 e. The monoisotopic (exact) mass is 323 g/mol. The first-order chi connectivity index (χ1) is 6.00. The van der Waals surface area contributed by atoms with Gasteiger partial charge in [-0.1, -0.05) is 4.57 Å². The van der Waals surface area contributed by atoms with Crippen LogP contribution in [-0.2, 0) is 4.57 Å². The molecule has 70 valence electrons. The van der Waals surface area contributed by atoms with Crippen molar-refractivity contribution >= 4 is 36.4 Å². The maximum Gasteiger partial charge on any atom is 0.369 e. The van der Waals surface area contributed by atoms with Gasteiger partial charge in [0.25, 0.3) is 5.30 Å². The van der Waals surface area contributed by atoms with Crippen LogP contribution in [0.15, 0.2) is 0 Å². The summed E-state index contributed by atoms with van der Waals surface area (Å²) in [5.41, 5.74) is 0. The quantitative estimate of drug-likeness (QED) is 0.255. The second-order valence-electron chi connectivity index (χ2n) is 2.05. The molecule has 13 heavy (non-hydrogen) atoms. The molecule has 1 aromatic carbocycles. The predicted octanol–water partition coefficient (Wildman–Crippen LogP) is 2.50. The fourth-order valence-corrected chi connectivity index (χ4v) is 1.57. The van der Waals surface area contributed by atoms with Crippen molar-refractivity contribution in [1.82, 2.24) is 0 Å². The summed E-state index contributed by atoms with van der Waals surface area (Å²) in [6.07, 6.45) is 0. The van der Waals surface area contributed by atoms with E-state index in [0.29, 0.717) is 0 Å². The highest BCUT2D eigenvalue weighted by molar-refractivity contribution is 14.1. The highest BCUT2D eigenvalue weighted by Crippen LogP contribution is 2.21.